The topological polar surface area (TPSA) is 72.2 Å². The highest BCUT2D eigenvalue weighted by Crippen LogP contribution is 2.12. The zero-order valence-electron chi connectivity index (χ0n) is 10.7. The van der Waals surface area contributed by atoms with Crippen LogP contribution in [-0.4, -0.2) is 20.9 Å². The molecule has 0 amide bonds. The molecule has 98 valence electrons. The van der Waals surface area contributed by atoms with Gasteiger partial charge in [-0.05, 0) is 18.1 Å². The van der Waals surface area contributed by atoms with Crippen molar-refractivity contribution in [2.24, 2.45) is 0 Å². The first-order valence-electron chi connectivity index (χ1n) is 5.93. The molecule has 1 aromatic carbocycles. The summed E-state index contributed by atoms with van der Waals surface area (Å²) >= 11 is 0. The number of carbonyl (C=O) groups is 1. The Morgan fingerprint density at radius 1 is 1.26 bits per heavy atom. The molecule has 19 heavy (non-hydrogen) atoms. The largest absolute Gasteiger partial charge is 0.476 e. The SMILES string of the molecule is CC(C)c1cn(-c2ccccc2)nc(C(=O)O)c1=O. The molecule has 1 N–H and O–H groups in total. The van der Waals surface area contributed by atoms with E-state index >= 15 is 0 Å². The molecule has 0 aliphatic heterocycles. The number of hydrogen-bond acceptors (Lipinski definition) is 3. The number of hydrogen-bond donors (Lipinski definition) is 1. The van der Waals surface area contributed by atoms with Crippen molar-refractivity contribution >= 4 is 5.97 Å². The van der Waals surface area contributed by atoms with Gasteiger partial charge in [-0.15, -0.1) is 0 Å². The molecule has 0 bridgehead atoms. The smallest absolute Gasteiger partial charge is 0.360 e. The Kier molecular flexibility index (Phi) is 3.46. The molecule has 0 unspecified atom stereocenters. The van der Waals surface area contributed by atoms with Crippen LogP contribution in [0.25, 0.3) is 5.69 Å². The van der Waals surface area contributed by atoms with Gasteiger partial charge in [-0.1, -0.05) is 32.0 Å². The van der Waals surface area contributed by atoms with Crippen molar-refractivity contribution in [3.8, 4) is 5.69 Å². The van der Waals surface area contributed by atoms with Crippen LogP contribution in [0.3, 0.4) is 0 Å². The van der Waals surface area contributed by atoms with Crippen LogP contribution in [-0.2, 0) is 0 Å². The highest BCUT2D eigenvalue weighted by atomic mass is 16.4. The van der Waals surface area contributed by atoms with Crippen molar-refractivity contribution in [2.75, 3.05) is 0 Å². The Hall–Kier alpha value is -2.43. The average Bonchev–Trinajstić information content (AvgIpc) is 2.39. The number of carboxylic acids is 1. The number of aromatic nitrogens is 2. The van der Waals surface area contributed by atoms with Crippen molar-refractivity contribution in [2.45, 2.75) is 19.8 Å². The third-order valence-electron chi connectivity index (χ3n) is 2.79. The van der Waals surface area contributed by atoms with E-state index in [2.05, 4.69) is 5.10 Å². The van der Waals surface area contributed by atoms with Gasteiger partial charge in [0, 0.05) is 11.8 Å². The monoisotopic (exact) mass is 258 g/mol. The highest BCUT2D eigenvalue weighted by Gasteiger charge is 2.17. The first kappa shape index (κ1) is 13.0. The number of rotatable bonds is 3. The molecule has 2 aromatic rings. The zero-order chi connectivity index (χ0) is 14.0. The Labute approximate surface area is 110 Å². The summed E-state index contributed by atoms with van der Waals surface area (Å²) in [5.74, 6) is -1.37. The molecule has 2 rings (SSSR count). The highest BCUT2D eigenvalue weighted by molar-refractivity contribution is 5.85. The molecule has 0 radical (unpaired) electrons. The van der Waals surface area contributed by atoms with Gasteiger partial charge in [0.25, 0.3) is 0 Å². The van der Waals surface area contributed by atoms with E-state index in [1.807, 2.05) is 32.0 Å². The predicted octanol–water partition coefficient (Wildman–Crippen LogP) is 2.05. The Balaban J connectivity index is 2.70. The summed E-state index contributed by atoms with van der Waals surface area (Å²) in [5, 5.41) is 13.0. The lowest BCUT2D eigenvalue weighted by molar-refractivity contribution is 0.0686. The molecule has 0 atom stereocenters. The molecule has 0 saturated heterocycles. The summed E-state index contributed by atoms with van der Waals surface area (Å²) in [4.78, 5) is 23.1. The second-order valence-corrected chi connectivity index (χ2v) is 4.50. The Morgan fingerprint density at radius 2 is 1.89 bits per heavy atom. The number of carboxylic acid groups (broad SMARTS) is 1. The van der Waals surface area contributed by atoms with Gasteiger partial charge in [-0.3, -0.25) is 4.79 Å². The summed E-state index contributed by atoms with van der Waals surface area (Å²) in [6.07, 6.45) is 1.59. The van der Waals surface area contributed by atoms with Gasteiger partial charge in [0.1, 0.15) is 0 Å². The maximum atomic E-state index is 12.0. The predicted molar refractivity (Wildman–Crippen MR) is 70.9 cm³/mol. The lowest BCUT2D eigenvalue weighted by Gasteiger charge is -2.11. The van der Waals surface area contributed by atoms with Crippen LogP contribution >= 0.6 is 0 Å². The maximum Gasteiger partial charge on any atom is 0.360 e. The lowest BCUT2D eigenvalue weighted by Crippen LogP contribution is -2.25. The minimum Gasteiger partial charge on any atom is -0.476 e. The molecule has 0 fully saturated rings. The van der Waals surface area contributed by atoms with E-state index in [1.165, 1.54) is 4.68 Å². The minimum absolute atomic E-state index is 0.0661. The van der Waals surface area contributed by atoms with Gasteiger partial charge in [0.2, 0.25) is 11.1 Å². The quantitative estimate of drug-likeness (QED) is 0.914. The molecule has 1 aromatic heterocycles. The first-order chi connectivity index (χ1) is 9.00. The van der Waals surface area contributed by atoms with E-state index in [0.29, 0.717) is 11.3 Å². The van der Waals surface area contributed by atoms with Gasteiger partial charge in [-0.2, -0.15) is 5.10 Å². The second kappa shape index (κ2) is 5.06. The van der Waals surface area contributed by atoms with Crippen LogP contribution in [0.5, 0.6) is 0 Å². The fourth-order valence-electron chi connectivity index (χ4n) is 1.77. The van der Waals surface area contributed by atoms with Crippen LogP contribution in [0.2, 0.25) is 0 Å². The second-order valence-electron chi connectivity index (χ2n) is 4.50. The van der Waals surface area contributed by atoms with Crippen molar-refractivity contribution in [3.05, 3.63) is 58.0 Å². The van der Waals surface area contributed by atoms with Gasteiger partial charge in [0.05, 0.1) is 5.69 Å². The zero-order valence-corrected chi connectivity index (χ0v) is 10.7. The van der Waals surface area contributed by atoms with Crippen LogP contribution in [0.15, 0.2) is 41.3 Å². The number of para-hydroxylation sites is 1. The van der Waals surface area contributed by atoms with E-state index in [4.69, 9.17) is 5.11 Å². The molecule has 5 heteroatoms. The van der Waals surface area contributed by atoms with Crippen molar-refractivity contribution in [1.29, 1.82) is 0 Å². The summed E-state index contributed by atoms with van der Waals surface area (Å²) in [7, 11) is 0. The Bertz CT molecular complexity index is 660. The lowest BCUT2D eigenvalue weighted by atomic mass is 10.0. The third-order valence-corrected chi connectivity index (χ3v) is 2.79. The van der Waals surface area contributed by atoms with E-state index in [-0.39, 0.29) is 5.92 Å². The van der Waals surface area contributed by atoms with Crippen molar-refractivity contribution in [1.82, 2.24) is 9.78 Å². The minimum atomic E-state index is -1.31. The summed E-state index contributed by atoms with van der Waals surface area (Å²) < 4.78 is 1.43. The molecule has 0 aliphatic rings. The standard InChI is InChI=1S/C14H14N2O3/c1-9(2)11-8-16(10-6-4-3-5-7-10)15-12(13(11)17)14(18)19/h3-9H,1-2H3,(H,18,19). The fraction of sp³-hybridized carbons (Fsp3) is 0.214. The van der Waals surface area contributed by atoms with Crippen LogP contribution in [0.1, 0.15) is 35.8 Å². The van der Waals surface area contributed by atoms with Crippen molar-refractivity contribution in [3.63, 3.8) is 0 Å². The molecular formula is C14H14N2O3. The molecule has 0 spiro atoms. The van der Waals surface area contributed by atoms with Gasteiger partial charge >= 0.3 is 5.97 Å². The molecule has 1 heterocycles. The molecular weight excluding hydrogens is 244 g/mol. The summed E-state index contributed by atoms with van der Waals surface area (Å²) in [5.41, 5.74) is 0.188. The van der Waals surface area contributed by atoms with Crippen LogP contribution in [0.4, 0.5) is 0 Å². The third kappa shape index (κ3) is 2.54. The first-order valence-corrected chi connectivity index (χ1v) is 5.93. The molecule has 0 saturated carbocycles. The van der Waals surface area contributed by atoms with E-state index < -0.39 is 17.1 Å². The molecule has 0 aliphatic carbocycles. The average molecular weight is 258 g/mol. The van der Waals surface area contributed by atoms with Crippen molar-refractivity contribution < 1.29 is 9.90 Å². The van der Waals surface area contributed by atoms with E-state index in [0.717, 1.165) is 0 Å². The Morgan fingerprint density at radius 3 is 2.42 bits per heavy atom. The van der Waals surface area contributed by atoms with E-state index in [9.17, 15) is 9.59 Å². The van der Waals surface area contributed by atoms with Gasteiger partial charge < -0.3 is 5.11 Å². The normalized spacial score (nSPS) is 10.7. The van der Waals surface area contributed by atoms with Crippen LogP contribution < -0.4 is 5.43 Å². The number of aromatic carboxylic acids is 1. The molecule has 5 nitrogen and oxygen atoms in total. The van der Waals surface area contributed by atoms with Crippen LogP contribution in [0, 0.1) is 0 Å². The maximum absolute atomic E-state index is 12.0. The van der Waals surface area contributed by atoms with E-state index in [1.54, 1.807) is 18.3 Å². The summed E-state index contributed by atoms with van der Waals surface area (Å²) in [6.45, 7) is 3.69. The number of nitrogens with zero attached hydrogens (tertiary/aromatic N) is 2. The van der Waals surface area contributed by atoms with Gasteiger partial charge in [-0.25, -0.2) is 9.48 Å². The summed E-state index contributed by atoms with van der Waals surface area (Å²) in [6, 6.07) is 9.10. The fourth-order valence-corrected chi connectivity index (χ4v) is 1.77. The van der Waals surface area contributed by atoms with Gasteiger partial charge in [0.15, 0.2) is 0 Å². The number of benzene rings is 1.